The molecule has 3 rings (SSSR count). The molecule has 1 fully saturated rings. The van der Waals surface area contributed by atoms with Crippen molar-refractivity contribution in [2.45, 2.75) is 58.2 Å². The molecule has 7 nitrogen and oxygen atoms in total. The zero-order valence-corrected chi connectivity index (χ0v) is 12.5. The van der Waals surface area contributed by atoms with Gasteiger partial charge in [0.2, 0.25) is 11.8 Å². The molecule has 0 saturated carbocycles. The van der Waals surface area contributed by atoms with E-state index >= 15 is 0 Å². The first-order valence-electron chi connectivity index (χ1n) is 7.52. The Balaban J connectivity index is 1.64. The van der Waals surface area contributed by atoms with Crippen LogP contribution in [0.15, 0.2) is 0 Å². The van der Waals surface area contributed by atoms with Crippen LogP contribution in [-0.4, -0.2) is 50.1 Å². The van der Waals surface area contributed by atoms with Crippen molar-refractivity contribution in [3.8, 4) is 0 Å². The second-order valence-corrected chi connectivity index (χ2v) is 5.89. The van der Waals surface area contributed by atoms with Gasteiger partial charge in [0.15, 0.2) is 0 Å². The first kappa shape index (κ1) is 14.0. The van der Waals surface area contributed by atoms with Crippen LogP contribution in [0, 0.1) is 6.92 Å². The summed E-state index contributed by atoms with van der Waals surface area (Å²) < 4.78 is 2.06. The lowest BCUT2D eigenvalue weighted by Crippen LogP contribution is -2.50. The molecule has 2 atom stereocenters. The average molecular weight is 291 g/mol. The van der Waals surface area contributed by atoms with Gasteiger partial charge in [0, 0.05) is 32.5 Å². The van der Waals surface area contributed by atoms with E-state index in [0.717, 1.165) is 37.3 Å². The molecule has 1 aromatic rings. The molecule has 2 aliphatic heterocycles. The van der Waals surface area contributed by atoms with Gasteiger partial charge in [-0.15, -0.1) is 10.2 Å². The number of hydrogen-bond donors (Lipinski definition) is 1. The van der Waals surface area contributed by atoms with Gasteiger partial charge in [0.1, 0.15) is 17.7 Å². The minimum absolute atomic E-state index is 0.0202. The van der Waals surface area contributed by atoms with Crippen molar-refractivity contribution in [3.05, 3.63) is 11.6 Å². The van der Waals surface area contributed by atoms with Gasteiger partial charge in [-0.1, -0.05) is 0 Å². The number of nitrogens with one attached hydrogen (secondary N) is 1. The van der Waals surface area contributed by atoms with E-state index in [9.17, 15) is 9.59 Å². The van der Waals surface area contributed by atoms with E-state index in [1.165, 1.54) is 6.92 Å². The summed E-state index contributed by atoms with van der Waals surface area (Å²) in [5, 5.41) is 11.3. The van der Waals surface area contributed by atoms with Crippen LogP contribution >= 0.6 is 0 Å². The maximum absolute atomic E-state index is 12.4. The summed E-state index contributed by atoms with van der Waals surface area (Å²) in [5.74, 6) is 1.83. The van der Waals surface area contributed by atoms with Gasteiger partial charge >= 0.3 is 0 Å². The monoisotopic (exact) mass is 291 g/mol. The van der Waals surface area contributed by atoms with E-state index in [4.69, 9.17) is 0 Å². The van der Waals surface area contributed by atoms with E-state index < -0.39 is 0 Å². The molecule has 2 aliphatic rings. The molecule has 3 heterocycles. The number of amides is 2. The van der Waals surface area contributed by atoms with Crippen LogP contribution in [0.1, 0.15) is 37.8 Å². The number of hydrogen-bond acceptors (Lipinski definition) is 4. The number of likely N-dealkylation sites (tertiary alicyclic amines) is 1. The number of aryl methyl sites for hydroxylation is 2. The Kier molecular flexibility index (Phi) is 3.65. The van der Waals surface area contributed by atoms with E-state index in [-0.39, 0.29) is 23.9 Å². The fourth-order valence-electron chi connectivity index (χ4n) is 3.29. The molecule has 114 valence electrons. The number of fused-ring (bicyclic) bond motifs is 1. The van der Waals surface area contributed by atoms with E-state index in [0.29, 0.717) is 13.1 Å². The van der Waals surface area contributed by atoms with Crippen LogP contribution in [-0.2, 0) is 22.6 Å². The molecule has 2 amide bonds. The highest BCUT2D eigenvalue weighted by molar-refractivity contribution is 5.87. The summed E-state index contributed by atoms with van der Waals surface area (Å²) in [6, 6.07) is -0.208. The second-order valence-electron chi connectivity index (χ2n) is 5.89. The Labute approximate surface area is 123 Å². The molecule has 0 radical (unpaired) electrons. The van der Waals surface area contributed by atoms with Crippen molar-refractivity contribution >= 4 is 11.8 Å². The highest BCUT2D eigenvalue weighted by Gasteiger charge is 2.34. The topological polar surface area (TPSA) is 80.1 Å². The van der Waals surface area contributed by atoms with Crippen molar-refractivity contribution in [1.82, 2.24) is 25.0 Å². The number of aromatic nitrogens is 3. The van der Waals surface area contributed by atoms with Gasteiger partial charge in [-0.2, -0.15) is 0 Å². The summed E-state index contributed by atoms with van der Waals surface area (Å²) in [4.78, 5) is 25.6. The SMILES string of the molecule is CC(=O)N1CCC[C@H]1C(=O)NC1CCc2nnc(C)n2C1. The summed E-state index contributed by atoms with van der Waals surface area (Å²) >= 11 is 0. The lowest BCUT2D eigenvalue weighted by molar-refractivity contribution is -0.137. The minimum Gasteiger partial charge on any atom is -0.350 e. The predicted octanol–water partition coefficient (Wildman–Crippen LogP) is 0.0284. The van der Waals surface area contributed by atoms with Crippen LogP contribution < -0.4 is 5.32 Å². The standard InChI is InChI=1S/C14H21N5O2/c1-9-16-17-13-6-5-11(8-19(9)13)15-14(21)12-4-3-7-18(12)10(2)20/h11-12H,3-8H2,1-2H3,(H,15,21)/t11?,12-/m0/s1. The average Bonchev–Trinajstić information content (AvgIpc) is 3.06. The van der Waals surface area contributed by atoms with Crippen molar-refractivity contribution < 1.29 is 9.59 Å². The van der Waals surface area contributed by atoms with Crippen molar-refractivity contribution in [3.63, 3.8) is 0 Å². The maximum Gasteiger partial charge on any atom is 0.243 e. The van der Waals surface area contributed by atoms with Crippen molar-refractivity contribution in [1.29, 1.82) is 0 Å². The second kappa shape index (κ2) is 5.46. The molecule has 0 aromatic carbocycles. The quantitative estimate of drug-likeness (QED) is 0.833. The molecule has 0 spiro atoms. The smallest absolute Gasteiger partial charge is 0.243 e. The maximum atomic E-state index is 12.4. The van der Waals surface area contributed by atoms with Gasteiger partial charge < -0.3 is 14.8 Å². The van der Waals surface area contributed by atoms with Crippen LogP contribution in [0.4, 0.5) is 0 Å². The van der Waals surface area contributed by atoms with E-state index in [1.807, 2.05) is 6.92 Å². The Morgan fingerprint density at radius 3 is 2.86 bits per heavy atom. The van der Waals surface area contributed by atoms with Crippen LogP contribution in [0.3, 0.4) is 0 Å². The molecule has 1 aromatic heterocycles. The molecule has 1 N–H and O–H groups in total. The minimum atomic E-state index is -0.300. The van der Waals surface area contributed by atoms with Gasteiger partial charge in [-0.25, -0.2) is 0 Å². The molecule has 21 heavy (non-hydrogen) atoms. The van der Waals surface area contributed by atoms with Gasteiger partial charge in [-0.3, -0.25) is 9.59 Å². The third-order valence-corrected chi connectivity index (χ3v) is 4.44. The lowest BCUT2D eigenvalue weighted by Gasteiger charge is -2.28. The molecule has 1 unspecified atom stereocenters. The molecular formula is C14H21N5O2. The molecule has 0 bridgehead atoms. The fourth-order valence-corrected chi connectivity index (χ4v) is 3.29. The van der Waals surface area contributed by atoms with Gasteiger partial charge in [-0.05, 0) is 26.2 Å². The van der Waals surface area contributed by atoms with Gasteiger partial charge in [0.05, 0.1) is 0 Å². The number of carbonyl (C=O) groups excluding carboxylic acids is 2. The fraction of sp³-hybridized carbons (Fsp3) is 0.714. The summed E-state index contributed by atoms with van der Waals surface area (Å²) in [7, 11) is 0. The molecule has 0 aliphatic carbocycles. The third kappa shape index (κ3) is 2.64. The van der Waals surface area contributed by atoms with Crippen molar-refractivity contribution in [2.75, 3.05) is 6.54 Å². The third-order valence-electron chi connectivity index (χ3n) is 4.44. The zero-order valence-electron chi connectivity index (χ0n) is 12.5. The van der Waals surface area contributed by atoms with E-state index in [1.54, 1.807) is 4.90 Å². The first-order valence-corrected chi connectivity index (χ1v) is 7.52. The normalized spacial score (nSPS) is 24.8. The van der Waals surface area contributed by atoms with Crippen LogP contribution in [0.2, 0.25) is 0 Å². The number of rotatable bonds is 2. The summed E-state index contributed by atoms with van der Waals surface area (Å²) in [6.07, 6.45) is 3.36. The van der Waals surface area contributed by atoms with E-state index in [2.05, 4.69) is 20.1 Å². The van der Waals surface area contributed by atoms with Crippen molar-refractivity contribution in [2.24, 2.45) is 0 Å². The Bertz CT molecular complexity index is 568. The zero-order chi connectivity index (χ0) is 15.0. The lowest BCUT2D eigenvalue weighted by atomic mass is 10.1. The highest BCUT2D eigenvalue weighted by Crippen LogP contribution is 2.19. The van der Waals surface area contributed by atoms with Gasteiger partial charge in [0.25, 0.3) is 0 Å². The Morgan fingerprint density at radius 1 is 1.29 bits per heavy atom. The molecule has 1 saturated heterocycles. The Hall–Kier alpha value is -1.92. The highest BCUT2D eigenvalue weighted by atomic mass is 16.2. The number of nitrogens with zero attached hydrogens (tertiary/aromatic N) is 4. The van der Waals surface area contributed by atoms with Crippen LogP contribution in [0.25, 0.3) is 0 Å². The summed E-state index contributed by atoms with van der Waals surface area (Å²) in [6.45, 7) is 4.85. The largest absolute Gasteiger partial charge is 0.350 e. The number of carbonyl (C=O) groups is 2. The Morgan fingerprint density at radius 2 is 2.10 bits per heavy atom. The molecular weight excluding hydrogens is 270 g/mol. The summed E-state index contributed by atoms with van der Waals surface area (Å²) in [5.41, 5.74) is 0. The molecule has 7 heteroatoms. The predicted molar refractivity (Wildman–Crippen MR) is 75.4 cm³/mol. The first-order chi connectivity index (χ1) is 10.1. The van der Waals surface area contributed by atoms with Crippen LogP contribution in [0.5, 0.6) is 0 Å².